The summed E-state index contributed by atoms with van der Waals surface area (Å²) in [5.41, 5.74) is 12.7. The molecule has 8 aromatic carbocycles. The van der Waals surface area contributed by atoms with Crippen molar-refractivity contribution < 1.29 is 4.42 Å². The second kappa shape index (κ2) is 11.9. The molecule has 3 heteroatoms. The van der Waals surface area contributed by atoms with Gasteiger partial charge in [0.05, 0.1) is 11.2 Å². The predicted octanol–water partition coefficient (Wildman–Crippen LogP) is 13.0. The van der Waals surface area contributed by atoms with Gasteiger partial charge in [-0.3, -0.25) is 0 Å². The molecule has 0 spiro atoms. The molecular formula is C48H30N2O. The molecule has 3 nitrogen and oxygen atoms in total. The maximum absolute atomic E-state index is 6.46. The van der Waals surface area contributed by atoms with Crippen molar-refractivity contribution in [3.8, 4) is 56.0 Å². The number of hydrogen-bond acceptors (Lipinski definition) is 3. The summed E-state index contributed by atoms with van der Waals surface area (Å²) >= 11 is 0. The molecule has 0 radical (unpaired) electrons. The first-order chi connectivity index (χ1) is 25.3. The minimum atomic E-state index is 0.707. The van der Waals surface area contributed by atoms with E-state index in [1.807, 2.05) is 24.3 Å². The maximum atomic E-state index is 6.46. The van der Waals surface area contributed by atoms with E-state index in [1.54, 1.807) is 0 Å². The van der Waals surface area contributed by atoms with E-state index in [9.17, 15) is 0 Å². The van der Waals surface area contributed by atoms with Crippen molar-refractivity contribution >= 4 is 43.6 Å². The molecule has 51 heavy (non-hydrogen) atoms. The number of nitrogens with zero attached hydrogens (tertiary/aromatic N) is 2. The lowest BCUT2D eigenvalue weighted by molar-refractivity contribution is 0.673. The second-order valence-electron chi connectivity index (χ2n) is 13.0. The van der Waals surface area contributed by atoms with Crippen LogP contribution in [0.2, 0.25) is 0 Å². The topological polar surface area (TPSA) is 38.9 Å². The van der Waals surface area contributed by atoms with Gasteiger partial charge in [-0.25, -0.2) is 9.97 Å². The molecule has 10 rings (SSSR count). The minimum Gasteiger partial charge on any atom is -0.455 e. The largest absolute Gasteiger partial charge is 0.455 e. The normalized spacial score (nSPS) is 11.5. The van der Waals surface area contributed by atoms with Crippen molar-refractivity contribution in [1.82, 2.24) is 9.97 Å². The highest BCUT2D eigenvalue weighted by Crippen LogP contribution is 2.40. The van der Waals surface area contributed by atoms with E-state index in [0.717, 1.165) is 77.1 Å². The summed E-state index contributed by atoms with van der Waals surface area (Å²) in [6.07, 6.45) is 0. The fraction of sp³-hybridized carbons (Fsp3) is 0. The molecule has 238 valence electrons. The molecule has 0 saturated carbocycles. The number of aromatic nitrogens is 2. The van der Waals surface area contributed by atoms with Gasteiger partial charge in [0.15, 0.2) is 5.82 Å². The summed E-state index contributed by atoms with van der Waals surface area (Å²) in [6, 6.07) is 63.8. The quantitative estimate of drug-likeness (QED) is 0.186. The van der Waals surface area contributed by atoms with Crippen molar-refractivity contribution in [2.75, 3.05) is 0 Å². The van der Waals surface area contributed by atoms with Gasteiger partial charge >= 0.3 is 0 Å². The van der Waals surface area contributed by atoms with Gasteiger partial charge in [0.1, 0.15) is 11.2 Å². The van der Waals surface area contributed by atoms with E-state index in [2.05, 4.69) is 158 Å². The highest BCUT2D eigenvalue weighted by molar-refractivity contribution is 6.19. The van der Waals surface area contributed by atoms with Crippen LogP contribution in [0.15, 0.2) is 186 Å². The average Bonchev–Trinajstić information content (AvgIpc) is 3.60. The molecule has 0 bridgehead atoms. The Morgan fingerprint density at radius 1 is 0.373 bits per heavy atom. The molecule has 0 aliphatic carbocycles. The molecule has 0 amide bonds. The zero-order valence-corrected chi connectivity index (χ0v) is 27.6. The first-order valence-electron chi connectivity index (χ1n) is 17.2. The van der Waals surface area contributed by atoms with Gasteiger partial charge in [-0.05, 0) is 63.0 Å². The van der Waals surface area contributed by atoms with E-state index in [1.165, 1.54) is 16.7 Å². The standard InChI is InChI=1S/C48H30N2O/c1-2-10-31(11-3-1)37-13-8-14-38(30-37)32-20-26-36(27-21-32)48-49-43-18-6-4-16-42(43)46(50-48)35-24-22-33(23-25-35)39-17-9-12-34-28-29-41-40-15-5-7-19-44(40)51-47(41)45(34)39/h1-30H. The number of fused-ring (bicyclic) bond motifs is 6. The smallest absolute Gasteiger partial charge is 0.160 e. The van der Waals surface area contributed by atoms with E-state index < -0.39 is 0 Å². The second-order valence-corrected chi connectivity index (χ2v) is 13.0. The summed E-state index contributed by atoms with van der Waals surface area (Å²) in [5, 5.41) is 5.58. The monoisotopic (exact) mass is 650 g/mol. The van der Waals surface area contributed by atoms with Gasteiger partial charge in [-0.15, -0.1) is 0 Å². The van der Waals surface area contributed by atoms with Crippen LogP contribution in [0.5, 0.6) is 0 Å². The zero-order chi connectivity index (χ0) is 33.7. The fourth-order valence-corrected chi connectivity index (χ4v) is 7.35. The Morgan fingerprint density at radius 2 is 1.00 bits per heavy atom. The number of rotatable bonds is 5. The Hall–Kier alpha value is -6.84. The van der Waals surface area contributed by atoms with Gasteiger partial charge in [0.25, 0.3) is 0 Å². The summed E-state index contributed by atoms with van der Waals surface area (Å²) < 4.78 is 6.46. The number of benzene rings is 8. The molecule has 0 aliphatic rings. The van der Waals surface area contributed by atoms with Crippen molar-refractivity contribution in [2.45, 2.75) is 0 Å². The Bertz CT molecular complexity index is 2890. The van der Waals surface area contributed by atoms with Crippen molar-refractivity contribution in [1.29, 1.82) is 0 Å². The third kappa shape index (κ3) is 5.06. The molecule has 0 fully saturated rings. The van der Waals surface area contributed by atoms with E-state index >= 15 is 0 Å². The lowest BCUT2D eigenvalue weighted by atomic mass is 9.95. The van der Waals surface area contributed by atoms with Gasteiger partial charge in [0.2, 0.25) is 0 Å². The average molecular weight is 651 g/mol. The molecule has 10 aromatic rings. The van der Waals surface area contributed by atoms with Gasteiger partial charge < -0.3 is 4.42 Å². The van der Waals surface area contributed by atoms with Crippen LogP contribution < -0.4 is 0 Å². The molecule has 2 aromatic heterocycles. The van der Waals surface area contributed by atoms with Crippen molar-refractivity contribution in [3.05, 3.63) is 182 Å². The molecule has 0 N–H and O–H groups in total. The van der Waals surface area contributed by atoms with Gasteiger partial charge in [0, 0.05) is 32.7 Å². The van der Waals surface area contributed by atoms with Crippen LogP contribution >= 0.6 is 0 Å². The van der Waals surface area contributed by atoms with Crippen LogP contribution in [0.4, 0.5) is 0 Å². The Labute approximate surface area is 295 Å². The summed E-state index contributed by atoms with van der Waals surface area (Å²) in [7, 11) is 0. The Balaban J connectivity index is 1.03. The highest BCUT2D eigenvalue weighted by atomic mass is 16.3. The fourth-order valence-electron chi connectivity index (χ4n) is 7.35. The first-order valence-corrected chi connectivity index (χ1v) is 17.2. The highest BCUT2D eigenvalue weighted by Gasteiger charge is 2.16. The predicted molar refractivity (Wildman–Crippen MR) is 212 cm³/mol. The van der Waals surface area contributed by atoms with Crippen LogP contribution in [0, 0.1) is 0 Å². The summed E-state index contributed by atoms with van der Waals surface area (Å²) in [5.74, 6) is 0.707. The number of para-hydroxylation sites is 2. The van der Waals surface area contributed by atoms with Crippen LogP contribution in [0.3, 0.4) is 0 Å². The molecular weight excluding hydrogens is 621 g/mol. The third-order valence-electron chi connectivity index (χ3n) is 9.91. The third-order valence-corrected chi connectivity index (χ3v) is 9.91. The molecule has 0 aliphatic heterocycles. The molecule has 0 atom stereocenters. The van der Waals surface area contributed by atoms with Crippen molar-refractivity contribution in [3.63, 3.8) is 0 Å². The minimum absolute atomic E-state index is 0.707. The lowest BCUT2D eigenvalue weighted by Gasteiger charge is -2.12. The Morgan fingerprint density at radius 3 is 1.82 bits per heavy atom. The van der Waals surface area contributed by atoms with E-state index in [4.69, 9.17) is 14.4 Å². The summed E-state index contributed by atoms with van der Waals surface area (Å²) in [4.78, 5) is 10.2. The van der Waals surface area contributed by atoms with Crippen LogP contribution in [0.25, 0.3) is 99.6 Å². The SMILES string of the molecule is c1ccc(-c2cccc(-c3ccc(-c4nc(-c5ccc(-c6cccc7ccc8c9ccccc9oc8c67)cc5)c5ccccc5n4)cc3)c2)cc1. The Kier molecular flexibility index (Phi) is 6.81. The molecule has 0 saturated heterocycles. The first kappa shape index (κ1) is 29.1. The lowest BCUT2D eigenvalue weighted by Crippen LogP contribution is -1.95. The molecule has 2 heterocycles. The summed E-state index contributed by atoms with van der Waals surface area (Å²) in [6.45, 7) is 0. The van der Waals surface area contributed by atoms with E-state index in [-0.39, 0.29) is 0 Å². The van der Waals surface area contributed by atoms with Gasteiger partial charge in [-0.2, -0.15) is 0 Å². The van der Waals surface area contributed by atoms with Crippen LogP contribution in [0.1, 0.15) is 0 Å². The molecule has 0 unspecified atom stereocenters. The van der Waals surface area contributed by atoms with Gasteiger partial charge in [-0.1, -0.05) is 158 Å². The maximum Gasteiger partial charge on any atom is 0.160 e. The number of hydrogen-bond donors (Lipinski definition) is 0. The van der Waals surface area contributed by atoms with Crippen LogP contribution in [-0.2, 0) is 0 Å². The van der Waals surface area contributed by atoms with Crippen molar-refractivity contribution in [2.24, 2.45) is 0 Å². The van der Waals surface area contributed by atoms with Crippen LogP contribution in [-0.4, -0.2) is 9.97 Å². The zero-order valence-electron chi connectivity index (χ0n) is 27.6. The number of furan rings is 1. The van der Waals surface area contributed by atoms with E-state index in [0.29, 0.717) is 5.82 Å².